The molecule has 19 heavy (non-hydrogen) atoms. The van der Waals surface area contributed by atoms with E-state index in [1.165, 1.54) is 12.3 Å². The number of carboxylic acids is 1. The van der Waals surface area contributed by atoms with E-state index in [-0.39, 0.29) is 16.6 Å². The van der Waals surface area contributed by atoms with E-state index in [0.717, 1.165) is 5.56 Å². The molecule has 2 N–H and O–H groups in total. The van der Waals surface area contributed by atoms with Crippen molar-refractivity contribution in [3.63, 3.8) is 0 Å². The maximum Gasteiger partial charge on any atom is 0.337 e. The molecule has 2 aromatic rings. The number of nitrogens with one attached hydrogen (secondary N) is 1. The summed E-state index contributed by atoms with van der Waals surface area (Å²) in [5.74, 6) is -0.607. The third kappa shape index (κ3) is 3.20. The van der Waals surface area contributed by atoms with Crippen LogP contribution in [-0.4, -0.2) is 21.0 Å². The Balaban J connectivity index is 2.18. The van der Waals surface area contributed by atoms with Crippen LogP contribution in [0.4, 0.5) is 5.82 Å². The summed E-state index contributed by atoms with van der Waals surface area (Å²) in [6, 6.07) is 5.12. The van der Waals surface area contributed by atoms with Crippen molar-refractivity contribution in [2.24, 2.45) is 0 Å². The Morgan fingerprint density at radius 3 is 2.84 bits per heavy atom. The first kappa shape index (κ1) is 13.3. The summed E-state index contributed by atoms with van der Waals surface area (Å²) < 4.78 is 0. The smallest absolute Gasteiger partial charge is 0.337 e. The summed E-state index contributed by atoms with van der Waals surface area (Å²) in [7, 11) is 0. The van der Waals surface area contributed by atoms with Gasteiger partial charge in [0.1, 0.15) is 5.82 Å². The number of rotatable bonds is 4. The van der Waals surface area contributed by atoms with Gasteiger partial charge in [0.15, 0.2) is 0 Å². The average molecular weight is 278 g/mol. The highest BCUT2D eigenvalue weighted by atomic mass is 35.5. The number of halogens is 1. The van der Waals surface area contributed by atoms with Crippen molar-refractivity contribution in [1.29, 1.82) is 0 Å². The molecule has 1 unspecified atom stereocenters. The molecule has 6 heteroatoms. The number of hydrogen-bond donors (Lipinski definition) is 2. The zero-order valence-corrected chi connectivity index (χ0v) is 10.9. The quantitative estimate of drug-likeness (QED) is 0.898. The van der Waals surface area contributed by atoms with Crippen LogP contribution in [0.2, 0.25) is 5.02 Å². The molecule has 0 saturated carbocycles. The standard InChI is InChI=1S/C13H12ClN3O2/c1-8(9-3-2-4-15-6-9)17-12-11(14)5-10(7-16-12)13(18)19/h2-8H,1H3,(H,16,17)(H,18,19). The maximum atomic E-state index is 10.8. The van der Waals surface area contributed by atoms with Crippen LogP contribution in [-0.2, 0) is 0 Å². The minimum atomic E-state index is -1.05. The number of nitrogens with zero attached hydrogens (tertiary/aromatic N) is 2. The van der Waals surface area contributed by atoms with Crippen molar-refractivity contribution in [2.45, 2.75) is 13.0 Å². The lowest BCUT2D eigenvalue weighted by Crippen LogP contribution is -2.09. The first-order chi connectivity index (χ1) is 9.08. The van der Waals surface area contributed by atoms with Gasteiger partial charge in [-0.1, -0.05) is 17.7 Å². The van der Waals surface area contributed by atoms with Gasteiger partial charge < -0.3 is 10.4 Å². The van der Waals surface area contributed by atoms with Crippen LogP contribution in [0.25, 0.3) is 0 Å². The van der Waals surface area contributed by atoms with Crippen LogP contribution in [0.5, 0.6) is 0 Å². The second kappa shape index (κ2) is 5.67. The van der Waals surface area contributed by atoms with Gasteiger partial charge >= 0.3 is 5.97 Å². The summed E-state index contributed by atoms with van der Waals surface area (Å²) in [6.07, 6.45) is 4.72. The molecule has 0 amide bonds. The molecule has 0 aliphatic heterocycles. The number of pyridine rings is 2. The Hall–Kier alpha value is -2.14. The third-order valence-corrected chi connectivity index (χ3v) is 2.91. The normalized spacial score (nSPS) is 11.9. The monoisotopic (exact) mass is 277 g/mol. The SMILES string of the molecule is CC(Nc1ncc(C(=O)O)cc1Cl)c1cccnc1. The molecule has 5 nitrogen and oxygen atoms in total. The van der Waals surface area contributed by atoms with Gasteiger partial charge in [-0.15, -0.1) is 0 Å². The van der Waals surface area contributed by atoms with Gasteiger partial charge in [-0.2, -0.15) is 0 Å². The number of aromatic nitrogens is 2. The molecule has 2 rings (SSSR count). The van der Waals surface area contributed by atoms with Crippen LogP contribution in [0, 0.1) is 0 Å². The van der Waals surface area contributed by atoms with Crippen LogP contribution in [0.15, 0.2) is 36.8 Å². The predicted octanol–water partition coefficient (Wildman–Crippen LogP) is 3.00. The molecule has 0 bridgehead atoms. The Bertz CT molecular complexity index is 590. The average Bonchev–Trinajstić information content (AvgIpc) is 2.41. The molecule has 1 atom stereocenters. The van der Waals surface area contributed by atoms with Crippen molar-refractivity contribution in [1.82, 2.24) is 9.97 Å². The maximum absolute atomic E-state index is 10.8. The molecule has 0 spiro atoms. The second-order valence-electron chi connectivity index (χ2n) is 4.01. The lowest BCUT2D eigenvalue weighted by atomic mass is 10.1. The lowest BCUT2D eigenvalue weighted by molar-refractivity contribution is 0.0696. The minimum Gasteiger partial charge on any atom is -0.478 e. The summed E-state index contributed by atoms with van der Waals surface area (Å²) in [5.41, 5.74) is 1.05. The summed E-state index contributed by atoms with van der Waals surface area (Å²) in [5, 5.41) is 12.2. The van der Waals surface area contributed by atoms with E-state index >= 15 is 0 Å². The van der Waals surface area contributed by atoms with E-state index in [1.54, 1.807) is 12.4 Å². The highest BCUT2D eigenvalue weighted by molar-refractivity contribution is 6.33. The van der Waals surface area contributed by atoms with E-state index in [9.17, 15) is 4.79 Å². The Morgan fingerprint density at radius 2 is 2.26 bits per heavy atom. The van der Waals surface area contributed by atoms with Gasteiger partial charge in [0.2, 0.25) is 0 Å². The zero-order valence-electron chi connectivity index (χ0n) is 10.2. The van der Waals surface area contributed by atoms with E-state index in [2.05, 4.69) is 15.3 Å². The van der Waals surface area contributed by atoms with E-state index in [0.29, 0.717) is 5.82 Å². The Morgan fingerprint density at radius 1 is 1.47 bits per heavy atom. The molecular weight excluding hydrogens is 266 g/mol. The highest BCUT2D eigenvalue weighted by Crippen LogP contribution is 2.24. The van der Waals surface area contributed by atoms with Gasteiger partial charge in [0.25, 0.3) is 0 Å². The molecule has 0 saturated heterocycles. The second-order valence-corrected chi connectivity index (χ2v) is 4.42. The number of hydrogen-bond acceptors (Lipinski definition) is 4. The minimum absolute atomic E-state index is 0.0330. The zero-order chi connectivity index (χ0) is 13.8. The first-order valence-corrected chi connectivity index (χ1v) is 6.01. The van der Waals surface area contributed by atoms with E-state index in [1.807, 2.05) is 19.1 Å². The number of anilines is 1. The summed E-state index contributed by atoms with van der Waals surface area (Å²) >= 11 is 6.00. The van der Waals surface area contributed by atoms with Crippen molar-refractivity contribution >= 4 is 23.4 Å². The highest BCUT2D eigenvalue weighted by Gasteiger charge is 2.11. The van der Waals surface area contributed by atoms with Gasteiger partial charge in [-0.3, -0.25) is 4.98 Å². The fraction of sp³-hybridized carbons (Fsp3) is 0.154. The molecule has 0 aromatic carbocycles. The Labute approximate surface area is 115 Å². The van der Waals surface area contributed by atoms with Gasteiger partial charge in [0.05, 0.1) is 16.6 Å². The molecule has 0 aliphatic carbocycles. The molecule has 0 fully saturated rings. The van der Waals surface area contributed by atoms with Gasteiger partial charge in [0, 0.05) is 18.6 Å². The molecule has 2 heterocycles. The van der Waals surface area contributed by atoms with E-state index in [4.69, 9.17) is 16.7 Å². The fourth-order valence-electron chi connectivity index (χ4n) is 1.58. The summed E-state index contributed by atoms with van der Waals surface area (Å²) in [6.45, 7) is 1.94. The number of carbonyl (C=O) groups is 1. The predicted molar refractivity (Wildman–Crippen MR) is 72.5 cm³/mol. The summed E-state index contributed by atoms with van der Waals surface area (Å²) in [4.78, 5) is 18.8. The van der Waals surface area contributed by atoms with Gasteiger partial charge in [-0.05, 0) is 24.6 Å². The third-order valence-electron chi connectivity index (χ3n) is 2.63. The molecule has 98 valence electrons. The van der Waals surface area contributed by atoms with Crippen molar-refractivity contribution < 1.29 is 9.90 Å². The molecule has 0 radical (unpaired) electrons. The lowest BCUT2D eigenvalue weighted by Gasteiger charge is -2.15. The van der Waals surface area contributed by atoms with Crippen LogP contribution in [0.3, 0.4) is 0 Å². The molecular formula is C13H12ClN3O2. The van der Waals surface area contributed by atoms with E-state index < -0.39 is 5.97 Å². The Kier molecular flexibility index (Phi) is 3.97. The van der Waals surface area contributed by atoms with Crippen LogP contribution >= 0.6 is 11.6 Å². The number of carboxylic acid groups (broad SMARTS) is 1. The molecule has 2 aromatic heterocycles. The van der Waals surface area contributed by atoms with Crippen molar-refractivity contribution in [3.05, 3.63) is 52.9 Å². The van der Waals surface area contributed by atoms with Crippen LogP contribution in [0.1, 0.15) is 28.9 Å². The first-order valence-electron chi connectivity index (χ1n) is 5.63. The molecule has 0 aliphatic rings. The van der Waals surface area contributed by atoms with Crippen molar-refractivity contribution in [3.8, 4) is 0 Å². The largest absolute Gasteiger partial charge is 0.478 e. The topological polar surface area (TPSA) is 75.1 Å². The fourth-order valence-corrected chi connectivity index (χ4v) is 1.80. The van der Waals surface area contributed by atoms with Gasteiger partial charge in [-0.25, -0.2) is 9.78 Å². The number of aromatic carboxylic acids is 1. The van der Waals surface area contributed by atoms with Crippen LogP contribution < -0.4 is 5.32 Å². The van der Waals surface area contributed by atoms with Crippen molar-refractivity contribution in [2.75, 3.05) is 5.32 Å².